The van der Waals surface area contributed by atoms with Crippen molar-refractivity contribution in [3.8, 4) is 11.8 Å². The van der Waals surface area contributed by atoms with E-state index in [9.17, 15) is 13.2 Å². The molecule has 0 bridgehead atoms. The lowest BCUT2D eigenvalue weighted by Crippen LogP contribution is -2.19. The molecule has 15 heavy (non-hydrogen) atoms. The molecular weight excluding hydrogens is 211 g/mol. The van der Waals surface area contributed by atoms with E-state index in [1.54, 1.807) is 6.07 Å². The van der Waals surface area contributed by atoms with Crippen LogP contribution in [0.4, 0.5) is 19.0 Å². The van der Waals surface area contributed by atoms with E-state index in [4.69, 9.17) is 11.0 Å². The molecule has 0 spiro atoms. The van der Waals surface area contributed by atoms with Gasteiger partial charge < -0.3 is 10.5 Å². The maximum absolute atomic E-state index is 11.9. The summed E-state index contributed by atoms with van der Waals surface area (Å²) >= 11 is 0. The third-order valence-corrected chi connectivity index (χ3v) is 1.50. The molecule has 7 heteroatoms. The van der Waals surface area contributed by atoms with Gasteiger partial charge >= 0.3 is 6.36 Å². The third kappa shape index (κ3) is 2.74. The van der Waals surface area contributed by atoms with Gasteiger partial charge in [0, 0.05) is 6.07 Å². The number of anilines is 1. The molecule has 0 atom stereocenters. The molecular formula is C8H6F3N3O. The number of hydrogen-bond acceptors (Lipinski definition) is 4. The maximum atomic E-state index is 11.9. The van der Waals surface area contributed by atoms with E-state index in [-0.39, 0.29) is 17.1 Å². The van der Waals surface area contributed by atoms with Gasteiger partial charge in [-0.05, 0) is 6.92 Å². The van der Waals surface area contributed by atoms with E-state index in [0.29, 0.717) is 0 Å². The number of rotatable bonds is 1. The van der Waals surface area contributed by atoms with Crippen LogP contribution >= 0.6 is 0 Å². The highest BCUT2D eigenvalue weighted by molar-refractivity contribution is 5.51. The highest BCUT2D eigenvalue weighted by atomic mass is 19.4. The lowest BCUT2D eigenvalue weighted by molar-refractivity contribution is -0.275. The second kappa shape index (κ2) is 3.65. The van der Waals surface area contributed by atoms with Crippen molar-refractivity contribution in [2.75, 3.05) is 5.73 Å². The lowest BCUT2D eigenvalue weighted by atomic mass is 10.2. The fourth-order valence-corrected chi connectivity index (χ4v) is 1.01. The summed E-state index contributed by atoms with van der Waals surface area (Å²) in [5.74, 6) is -0.641. The minimum atomic E-state index is -4.85. The third-order valence-electron chi connectivity index (χ3n) is 1.50. The summed E-state index contributed by atoms with van der Waals surface area (Å²) in [5, 5.41) is 8.58. The number of aromatic nitrogens is 1. The van der Waals surface area contributed by atoms with Crippen LogP contribution in [0.15, 0.2) is 6.07 Å². The Morgan fingerprint density at radius 2 is 2.13 bits per heavy atom. The highest BCUT2D eigenvalue weighted by Crippen LogP contribution is 2.29. The monoisotopic (exact) mass is 217 g/mol. The topological polar surface area (TPSA) is 71.9 Å². The number of pyridine rings is 1. The average Bonchev–Trinajstić information content (AvgIpc) is 2.07. The van der Waals surface area contributed by atoms with Crippen LogP contribution in [0.1, 0.15) is 11.3 Å². The number of halogens is 3. The second-order valence-corrected chi connectivity index (χ2v) is 2.67. The summed E-state index contributed by atoms with van der Waals surface area (Å²) in [6.07, 6.45) is -4.85. The van der Waals surface area contributed by atoms with Crippen LogP contribution in [-0.4, -0.2) is 11.3 Å². The lowest BCUT2D eigenvalue weighted by Gasteiger charge is -2.12. The van der Waals surface area contributed by atoms with Crippen molar-refractivity contribution in [1.82, 2.24) is 4.98 Å². The SMILES string of the molecule is Cc1nc(N)cc(C#N)c1OC(F)(F)F. The molecule has 0 aliphatic carbocycles. The molecule has 4 nitrogen and oxygen atoms in total. The zero-order valence-electron chi connectivity index (χ0n) is 7.59. The van der Waals surface area contributed by atoms with Crippen molar-refractivity contribution in [3.05, 3.63) is 17.3 Å². The number of ether oxygens (including phenoxy) is 1. The van der Waals surface area contributed by atoms with Crippen LogP contribution in [0.2, 0.25) is 0 Å². The van der Waals surface area contributed by atoms with E-state index in [1.165, 1.54) is 6.92 Å². The first-order valence-corrected chi connectivity index (χ1v) is 3.76. The number of hydrogen-bond donors (Lipinski definition) is 1. The quantitative estimate of drug-likeness (QED) is 0.777. The van der Waals surface area contributed by atoms with E-state index in [1.807, 2.05) is 0 Å². The Morgan fingerprint density at radius 1 is 1.53 bits per heavy atom. The predicted molar refractivity (Wildman–Crippen MR) is 44.8 cm³/mol. The van der Waals surface area contributed by atoms with Crippen molar-refractivity contribution >= 4 is 5.82 Å². The summed E-state index contributed by atoms with van der Waals surface area (Å²) < 4.78 is 39.5. The van der Waals surface area contributed by atoms with Gasteiger partial charge in [0.1, 0.15) is 11.9 Å². The van der Waals surface area contributed by atoms with Gasteiger partial charge in [0.2, 0.25) is 0 Å². The van der Waals surface area contributed by atoms with Gasteiger partial charge in [-0.3, -0.25) is 0 Å². The van der Waals surface area contributed by atoms with Crippen LogP contribution in [0, 0.1) is 18.3 Å². The molecule has 0 fully saturated rings. The van der Waals surface area contributed by atoms with Gasteiger partial charge in [0.25, 0.3) is 0 Å². The Bertz CT molecular complexity index is 422. The molecule has 1 aromatic rings. The summed E-state index contributed by atoms with van der Waals surface area (Å²) in [4.78, 5) is 3.57. The number of nitriles is 1. The first-order valence-electron chi connectivity index (χ1n) is 3.76. The minimum absolute atomic E-state index is 0.0291. The van der Waals surface area contributed by atoms with E-state index in [0.717, 1.165) is 6.07 Å². The molecule has 1 rings (SSSR count). The number of alkyl halides is 3. The Morgan fingerprint density at radius 3 is 2.60 bits per heavy atom. The van der Waals surface area contributed by atoms with Crippen LogP contribution < -0.4 is 10.5 Å². The zero-order chi connectivity index (χ0) is 11.6. The Hall–Kier alpha value is -1.97. The predicted octanol–water partition coefficient (Wildman–Crippen LogP) is 1.74. The fraction of sp³-hybridized carbons (Fsp3) is 0.250. The molecule has 1 heterocycles. The normalized spacial score (nSPS) is 10.9. The molecule has 0 aromatic carbocycles. The van der Waals surface area contributed by atoms with E-state index >= 15 is 0 Å². The first-order chi connectivity index (χ1) is 6.83. The molecule has 0 radical (unpaired) electrons. The Labute approximate surface area is 83.1 Å². The van der Waals surface area contributed by atoms with Gasteiger partial charge in [-0.15, -0.1) is 13.2 Å². The van der Waals surface area contributed by atoms with E-state index in [2.05, 4.69) is 9.72 Å². The number of aryl methyl sites for hydroxylation is 1. The molecule has 1 aromatic heterocycles. The second-order valence-electron chi connectivity index (χ2n) is 2.67. The molecule has 0 aliphatic heterocycles. The van der Waals surface area contributed by atoms with Crippen molar-refractivity contribution in [3.63, 3.8) is 0 Å². The smallest absolute Gasteiger partial charge is 0.402 e. The van der Waals surface area contributed by atoms with Crippen molar-refractivity contribution in [2.45, 2.75) is 13.3 Å². The van der Waals surface area contributed by atoms with E-state index < -0.39 is 12.1 Å². The average molecular weight is 217 g/mol. The number of nitrogens with two attached hydrogens (primary N) is 1. The standard InChI is InChI=1S/C8H6F3N3O/c1-4-7(15-8(9,10)11)5(3-12)2-6(13)14-4/h2H,1H3,(H2,13,14). The van der Waals surface area contributed by atoms with Crippen LogP contribution in [0.3, 0.4) is 0 Å². The highest BCUT2D eigenvalue weighted by Gasteiger charge is 2.33. The molecule has 0 unspecified atom stereocenters. The van der Waals surface area contributed by atoms with Gasteiger partial charge in [0.05, 0.1) is 11.3 Å². The number of nitrogen functional groups attached to an aromatic ring is 1. The van der Waals surface area contributed by atoms with Crippen molar-refractivity contribution in [2.24, 2.45) is 0 Å². The number of nitrogens with zero attached hydrogens (tertiary/aromatic N) is 2. The maximum Gasteiger partial charge on any atom is 0.573 e. The summed E-state index contributed by atoms with van der Waals surface area (Å²) in [7, 11) is 0. The largest absolute Gasteiger partial charge is 0.573 e. The Kier molecular flexibility index (Phi) is 2.70. The van der Waals surface area contributed by atoms with Crippen molar-refractivity contribution < 1.29 is 17.9 Å². The fourth-order valence-electron chi connectivity index (χ4n) is 1.01. The van der Waals surface area contributed by atoms with Gasteiger partial charge in [-0.25, -0.2) is 4.98 Å². The zero-order valence-corrected chi connectivity index (χ0v) is 7.59. The van der Waals surface area contributed by atoms with Crippen LogP contribution in [-0.2, 0) is 0 Å². The summed E-state index contributed by atoms with van der Waals surface area (Å²) in [6.45, 7) is 1.28. The van der Waals surface area contributed by atoms with Gasteiger partial charge in [-0.1, -0.05) is 0 Å². The van der Waals surface area contributed by atoms with Gasteiger partial charge in [0.15, 0.2) is 5.75 Å². The molecule has 0 saturated heterocycles. The minimum Gasteiger partial charge on any atom is -0.402 e. The molecule has 0 saturated carbocycles. The van der Waals surface area contributed by atoms with Crippen LogP contribution in [0.5, 0.6) is 5.75 Å². The Balaban J connectivity index is 3.23. The molecule has 0 aliphatic rings. The van der Waals surface area contributed by atoms with Crippen LogP contribution in [0.25, 0.3) is 0 Å². The molecule has 0 amide bonds. The molecule has 2 N–H and O–H groups in total. The molecule has 80 valence electrons. The van der Waals surface area contributed by atoms with Gasteiger partial charge in [-0.2, -0.15) is 5.26 Å². The summed E-state index contributed by atoms with van der Waals surface area (Å²) in [5.41, 5.74) is 4.89. The first kappa shape index (κ1) is 11.1. The van der Waals surface area contributed by atoms with Crippen molar-refractivity contribution in [1.29, 1.82) is 5.26 Å². The summed E-state index contributed by atoms with van der Waals surface area (Å²) in [6, 6.07) is 2.58.